The lowest BCUT2D eigenvalue weighted by atomic mass is 9.85. The van der Waals surface area contributed by atoms with Gasteiger partial charge in [0.2, 0.25) is 11.8 Å². The summed E-state index contributed by atoms with van der Waals surface area (Å²) in [7, 11) is 0. The Morgan fingerprint density at radius 1 is 1.11 bits per heavy atom. The molecular weight excluding hydrogens is 368 g/mol. The number of para-hydroxylation sites is 2. The van der Waals surface area contributed by atoms with Crippen molar-refractivity contribution in [3.05, 3.63) is 59.7 Å². The number of nitrogens with one attached hydrogen (secondary N) is 1. The maximum Gasteiger partial charge on any atom is 0.238 e. The van der Waals surface area contributed by atoms with E-state index in [1.807, 2.05) is 47.4 Å². The summed E-state index contributed by atoms with van der Waals surface area (Å²) in [5, 5.41) is 2.99. The molecule has 2 amide bonds. The molecule has 0 radical (unpaired) electrons. The zero-order valence-corrected chi connectivity index (χ0v) is 17.2. The van der Waals surface area contributed by atoms with Crippen molar-refractivity contribution in [2.24, 2.45) is 5.92 Å². The minimum absolute atomic E-state index is 0.0992. The molecule has 4 rings (SSSR count). The van der Waals surface area contributed by atoms with E-state index in [4.69, 9.17) is 0 Å². The molecule has 0 bridgehead atoms. The lowest BCUT2D eigenvalue weighted by Crippen LogP contribution is -2.31. The predicted molar refractivity (Wildman–Crippen MR) is 116 cm³/mol. The van der Waals surface area contributed by atoms with Gasteiger partial charge in [0.25, 0.3) is 0 Å². The van der Waals surface area contributed by atoms with Crippen LogP contribution in [-0.4, -0.2) is 17.6 Å². The highest BCUT2D eigenvalue weighted by Gasteiger charge is 2.37. The summed E-state index contributed by atoms with van der Waals surface area (Å²) in [6, 6.07) is 16.0. The van der Waals surface area contributed by atoms with Crippen LogP contribution in [0.25, 0.3) is 0 Å². The number of hydrogen-bond acceptors (Lipinski definition) is 3. The van der Waals surface area contributed by atoms with E-state index in [1.165, 1.54) is 5.56 Å². The number of carbonyl (C=O) groups excluding carboxylic acids is 2. The van der Waals surface area contributed by atoms with Gasteiger partial charge in [0, 0.05) is 22.9 Å². The van der Waals surface area contributed by atoms with Crippen LogP contribution in [0.5, 0.6) is 0 Å². The topological polar surface area (TPSA) is 49.4 Å². The Morgan fingerprint density at radius 3 is 2.54 bits per heavy atom. The van der Waals surface area contributed by atoms with Gasteiger partial charge in [0.05, 0.1) is 5.75 Å². The number of rotatable bonds is 5. The summed E-state index contributed by atoms with van der Waals surface area (Å²) in [6.07, 6.45) is 3.07. The molecule has 4 nitrogen and oxygen atoms in total. The minimum atomic E-state index is -0.134. The first kappa shape index (κ1) is 19.1. The third-order valence-electron chi connectivity index (χ3n) is 5.65. The van der Waals surface area contributed by atoms with Gasteiger partial charge in [0.15, 0.2) is 0 Å². The van der Waals surface area contributed by atoms with E-state index in [1.54, 1.807) is 11.8 Å². The summed E-state index contributed by atoms with van der Waals surface area (Å²) in [6.45, 7) is 4.29. The van der Waals surface area contributed by atoms with E-state index in [9.17, 15) is 9.59 Å². The van der Waals surface area contributed by atoms with Gasteiger partial charge in [0.1, 0.15) is 5.37 Å². The second kappa shape index (κ2) is 8.00. The van der Waals surface area contributed by atoms with Crippen molar-refractivity contribution in [1.29, 1.82) is 0 Å². The fraction of sp³-hybridized carbons (Fsp3) is 0.391. The molecule has 0 spiro atoms. The van der Waals surface area contributed by atoms with Crippen molar-refractivity contribution >= 4 is 35.0 Å². The zero-order valence-electron chi connectivity index (χ0n) is 16.4. The average molecular weight is 395 g/mol. The first-order valence-corrected chi connectivity index (χ1v) is 11.0. The lowest BCUT2D eigenvalue weighted by molar-refractivity contribution is -0.122. The number of hydrogen-bond donors (Lipinski definition) is 1. The largest absolute Gasteiger partial charge is 0.325 e. The van der Waals surface area contributed by atoms with Crippen molar-refractivity contribution < 1.29 is 9.59 Å². The van der Waals surface area contributed by atoms with Gasteiger partial charge in [-0.3, -0.25) is 14.5 Å². The monoisotopic (exact) mass is 394 g/mol. The molecule has 28 heavy (non-hydrogen) atoms. The maximum atomic E-state index is 12.8. The highest BCUT2D eigenvalue weighted by molar-refractivity contribution is 8.00. The number of nitrogens with zero attached hydrogens (tertiary/aromatic N) is 1. The van der Waals surface area contributed by atoms with Gasteiger partial charge in [-0.1, -0.05) is 56.7 Å². The smallest absolute Gasteiger partial charge is 0.238 e. The highest BCUT2D eigenvalue weighted by Crippen LogP contribution is 2.46. The van der Waals surface area contributed by atoms with Gasteiger partial charge in [-0.25, -0.2) is 0 Å². The molecule has 1 atom stereocenters. The molecule has 1 saturated heterocycles. The average Bonchev–Trinajstić information content (AvgIpc) is 3.01. The lowest BCUT2D eigenvalue weighted by Gasteiger charge is -2.29. The van der Waals surface area contributed by atoms with Gasteiger partial charge in [-0.2, -0.15) is 0 Å². The van der Waals surface area contributed by atoms with Crippen LogP contribution >= 0.6 is 11.8 Å². The molecule has 1 aliphatic carbocycles. The van der Waals surface area contributed by atoms with Crippen molar-refractivity contribution in [2.45, 2.75) is 44.4 Å². The number of benzene rings is 2. The molecule has 2 aliphatic rings. The first-order valence-electron chi connectivity index (χ1n) is 9.98. The summed E-state index contributed by atoms with van der Waals surface area (Å²) in [5.74, 6) is 1.11. The first-order chi connectivity index (χ1) is 13.6. The van der Waals surface area contributed by atoms with E-state index < -0.39 is 0 Å². The van der Waals surface area contributed by atoms with Crippen LogP contribution in [0.4, 0.5) is 11.4 Å². The Morgan fingerprint density at radius 2 is 1.82 bits per heavy atom. The number of amides is 2. The Kier molecular flexibility index (Phi) is 5.44. The summed E-state index contributed by atoms with van der Waals surface area (Å²) >= 11 is 1.62. The fourth-order valence-corrected chi connectivity index (χ4v) is 5.05. The Labute approximate surface area is 170 Å². The van der Waals surface area contributed by atoms with E-state index in [0.29, 0.717) is 11.7 Å². The standard InChI is InChI=1S/C23H26N2O2S/c1-15(2)17-10-4-6-13-20(17)25-21(26)14-28-23(25)18-11-3-5-12-19(18)24-22(27)16-8-7-9-16/h3-6,10-13,15-16,23H,7-9,14H2,1-2H3,(H,24,27)/t23-/m0/s1. The van der Waals surface area contributed by atoms with E-state index in [0.717, 1.165) is 36.2 Å². The molecule has 0 unspecified atom stereocenters. The van der Waals surface area contributed by atoms with Crippen molar-refractivity contribution in [3.8, 4) is 0 Å². The van der Waals surface area contributed by atoms with Gasteiger partial charge >= 0.3 is 0 Å². The maximum absolute atomic E-state index is 12.8. The molecule has 5 heteroatoms. The molecule has 1 saturated carbocycles. The number of anilines is 2. The molecule has 1 N–H and O–H groups in total. The predicted octanol–water partition coefficient (Wildman–Crippen LogP) is 5.33. The van der Waals surface area contributed by atoms with Crippen LogP contribution in [0.3, 0.4) is 0 Å². The van der Waals surface area contributed by atoms with Crippen LogP contribution in [0.15, 0.2) is 48.5 Å². The number of carbonyl (C=O) groups is 2. The molecule has 1 heterocycles. The molecule has 0 aromatic heterocycles. The van der Waals surface area contributed by atoms with Crippen molar-refractivity contribution in [2.75, 3.05) is 16.0 Å². The Bertz CT molecular complexity index is 892. The summed E-state index contributed by atoms with van der Waals surface area (Å²) in [5.41, 5.74) is 3.94. The molecule has 2 fully saturated rings. The normalized spacial score (nSPS) is 19.8. The SMILES string of the molecule is CC(C)c1ccccc1N1C(=O)CS[C@H]1c1ccccc1NC(=O)C1CCC1. The molecule has 2 aromatic rings. The summed E-state index contributed by atoms with van der Waals surface area (Å²) in [4.78, 5) is 27.3. The fourth-order valence-electron chi connectivity index (χ4n) is 3.84. The van der Waals surface area contributed by atoms with Crippen molar-refractivity contribution in [3.63, 3.8) is 0 Å². The minimum Gasteiger partial charge on any atom is -0.325 e. The zero-order chi connectivity index (χ0) is 19.7. The third-order valence-corrected chi connectivity index (χ3v) is 6.84. The number of thioether (sulfide) groups is 1. The van der Waals surface area contributed by atoms with Gasteiger partial charge in [-0.15, -0.1) is 11.8 Å². The second-order valence-electron chi connectivity index (χ2n) is 7.84. The van der Waals surface area contributed by atoms with Crippen LogP contribution in [0, 0.1) is 5.92 Å². The molecule has 1 aliphatic heterocycles. The Hall–Kier alpha value is -2.27. The van der Waals surface area contributed by atoms with Crippen LogP contribution in [0.1, 0.15) is 55.5 Å². The Balaban J connectivity index is 1.69. The highest BCUT2D eigenvalue weighted by atomic mass is 32.2. The van der Waals surface area contributed by atoms with Crippen LogP contribution < -0.4 is 10.2 Å². The van der Waals surface area contributed by atoms with Crippen LogP contribution in [0.2, 0.25) is 0 Å². The quantitative estimate of drug-likeness (QED) is 0.746. The molecule has 146 valence electrons. The third kappa shape index (κ3) is 3.55. The second-order valence-corrected chi connectivity index (χ2v) is 8.91. The van der Waals surface area contributed by atoms with E-state index in [2.05, 4.69) is 25.2 Å². The van der Waals surface area contributed by atoms with E-state index in [-0.39, 0.29) is 23.1 Å². The van der Waals surface area contributed by atoms with E-state index >= 15 is 0 Å². The molecule has 2 aromatic carbocycles. The summed E-state index contributed by atoms with van der Waals surface area (Å²) < 4.78 is 0. The van der Waals surface area contributed by atoms with Crippen molar-refractivity contribution in [1.82, 2.24) is 0 Å². The van der Waals surface area contributed by atoms with Crippen LogP contribution in [-0.2, 0) is 9.59 Å². The van der Waals surface area contributed by atoms with Gasteiger partial charge < -0.3 is 5.32 Å². The molecular formula is C23H26N2O2S. The van der Waals surface area contributed by atoms with Gasteiger partial charge in [-0.05, 0) is 36.5 Å².